The van der Waals surface area contributed by atoms with Crippen LogP contribution in [0.4, 0.5) is 28.4 Å². The highest BCUT2D eigenvalue weighted by Gasteiger charge is 2.50. The van der Waals surface area contributed by atoms with Gasteiger partial charge in [-0.05, 0) is 132 Å². The number of hydrogen-bond donors (Lipinski definition) is 4. The zero-order valence-electron chi connectivity index (χ0n) is 41.0. The number of aliphatic hydroxyl groups is 1. The van der Waals surface area contributed by atoms with Crippen LogP contribution in [0.3, 0.4) is 0 Å². The number of H-pyrrole nitrogens is 1. The molecule has 3 atom stereocenters. The second kappa shape index (κ2) is 19.1. The van der Waals surface area contributed by atoms with Gasteiger partial charge in [-0.15, -0.1) is 0 Å². The number of morpholine rings is 1. The molecule has 4 N–H and O–H groups in total. The number of aromatic nitrogens is 2. The third-order valence-electron chi connectivity index (χ3n) is 16.1. The molecule has 11 rings (SSSR count). The number of nitro benzene ring substituents is 1. The van der Waals surface area contributed by atoms with Crippen LogP contribution in [-0.2, 0) is 19.5 Å². The Morgan fingerprint density at radius 1 is 0.972 bits per heavy atom. The van der Waals surface area contributed by atoms with Crippen molar-refractivity contribution in [2.45, 2.75) is 113 Å². The number of nitrogens with zero attached hydrogens (tertiary/aromatic N) is 5. The molecule has 1 amide bonds. The molecule has 0 radical (unpaired) electrons. The highest BCUT2D eigenvalue weighted by Crippen LogP contribution is 2.54. The van der Waals surface area contributed by atoms with Crippen LogP contribution in [0.5, 0.6) is 11.6 Å². The third kappa shape index (κ3) is 9.45. The van der Waals surface area contributed by atoms with E-state index in [1.54, 1.807) is 12.3 Å². The van der Waals surface area contributed by atoms with Crippen molar-refractivity contribution in [2.75, 3.05) is 67.7 Å². The van der Waals surface area contributed by atoms with Gasteiger partial charge >= 0.3 is 0 Å². The van der Waals surface area contributed by atoms with Gasteiger partial charge in [-0.2, -0.15) is 4.98 Å². The van der Waals surface area contributed by atoms with Crippen molar-refractivity contribution in [3.8, 4) is 11.6 Å². The summed E-state index contributed by atoms with van der Waals surface area (Å²) < 4.78 is 55.3. The van der Waals surface area contributed by atoms with E-state index >= 15 is 0 Å². The Hall–Kier alpha value is -5.99. The van der Waals surface area contributed by atoms with E-state index in [2.05, 4.69) is 56.9 Å². The summed E-state index contributed by atoms with van der Waals surface area (Å²) in [7, 11) is -4.63. The second-order valence-corrected chi connectivity index (χ2v) is 23.0. The van der Waals surface area contributed by atoms with Gasteiger partial charge in [-0.3, -0.25) is 19.8 Å². The number of sulfonamides is 1. The number of benzene rings is 3. The van der Waals surface area contributed by atoms with Crippen molar-refractivity contribution in [1.82, 2.24) is 19.6 Å². The van der Waals surface area contributed by atoms with Gasteiger partial charge in [0.25, 0.3) is 21.6 Å². The molecule has 0 unspecified atom stereocenters. The predicted octanol–water partition coefficient (Wildman–Crippen LogP) is 7.85. The van der Waals surface area contributed by atoms with Crippen LogP contribution in [0.15, 0.2) is 83.9 Å². The molecule has 6 aliphatic rings. The molecule has 2 aliphatic carbocycles. The molecule has 3 saturated heterocycles. The number of nitro groups is 1. The summed E-state index contributed by atoms with van der Waals surface area (Å²) in [6.07, 6.45) is 8.42. The van der Waals surface area contributed by atoms with Gasteiger partial charge in [0, 0.05) is 61.1 Å². The van der Waals surface area contributed by atoms with Crippen molar-refractivity contribution < 1.29 is 42.2 Å². The van der Waals surface area contributed by atoms with Crippen LogP contribution in [0.1, 0.15) is 94.1 Å². The summed E-state index contributed by atoms with van der Waals surface area (Å²) in [4.78, 5) is 40.9. The smallest absolute Gasteiger partial charge is 0.293 e. The maximum Gasteiger partial charge on any atom is 0.293 e. The standard InChI is InChI=1S/C53H64N8O10S/c1-33(2)70-47-7-5-4-6-39(47)45-30-68-23-22-59(45)37-27-53(28-37)17-20-58(21-18-53)36-8-10-40(42(25-36)60-44-24-35-14-19-54-49(35)56-51(44)71-48-32-69-31-46(48)60)50(62)57-72(66,67)38-9-11-41(43(26-38)61(64)65)55-29-34-12-15-52(3,63)16-13-34/h4-11,14,19,24-26,33-34,37,45-46,48,55,63H,12-13,15-18,20-23,27-32H2,1-3H3,(H,54,56)(H,57,62)/t34-,45-,46+,48+,52-/m0/s1. The molecule has 1 spiro atoms. The monoisotopic (exact) mass is 1000 g/mol. The zero-order chi connectivity index (χ0) is 49.9. The number of hydrogen-bond acceptors (Lipinski definition) is 15. The SMILES string of the molecule is CC(C)Oc1ccccc1[C@@H]1COCCN1C1CC2(CCN(c3ccc(C(=O)NS(=O)(=O)c4ccc(NC[C@H]5CC[C@](C)(O)CC5)c([N+](=O)[O-])c4)c(N4c5cc6cc[nH]c6nc5O[C@@H]5COC[C@H]54)c3)CC2)C1. The molecule has 2 saturated carbocycles. The fraction of sp³-hybridized carbons (Fsp3) is 0.509. The molecule has 3 aromatic carbocycles. The number of anilines is 4. The Morgan fingerprint density at radius 2 is 1.76 bits per heavy atom. The summed E-state index contributed by atoms with van der Waals surface area (Å²) >= 11 is 0. The van der Waals surface area contributed by atoms with E-state index in [4.69, 9.17) is 23.9 Å². The van der Waals surface area contributed by atoms with Crippen LogP contribution >= 0.6 is 0 Å². The average Bonchev–Trinajstić information content (AvgIpc) is 4.03. The molecule has 382 valence electrons. The maximum atomic E-state index is 14.6. The van der Waals surface area contributed by atoms with E-state index in [9.17, 15) is 28.4 Å². The average molecular weight is 1010 g/mol. The molecule has 6 heterocycles. The predicted molar refractivity (Wildman–Crippen MR) is 272 cm³/mol. The summed E-state index contributed by atoms with van der Waals surface area (Å²) in [6, 6.07) is 21.5. The number of carbonyl (C=O) groups excluding carboxylic acids is 1. The Kier molecular flexibility index (Phi) is 12.8. The van der Waals surface area contributed by atoms with E-state index in [-0.39, 0.29) is 47.4 Å². The van der Waals surface area contributed by atoms with Gasteiger partial charge in [-0.25, -0.2) is 13.1 Å². The number of nitrogens with one attached hydrogen (secondary N) is 3. The Balaban J connectivity index is 0.852. The normalized spacial score (nSPS) is 25.4. The molecule has 18 nitrogen and oxygen atoms in total. The van der Waals surface area contributed by atoms with E-state index in [1.807, 2.05) is 42.2 Å². The van der Waals surface area contributed by atoms with E-state index in [0.29, 0.717) is 68.2 Å². The van der Waals surface area contributed by atoms with E-state index in [0.717, 1.165) is 81.0 Å². The maximum absolute atomic E-state index is 14.6. The Bertz CT molecular complexity index is 2960. The van der Waals surface area contributed by atoms with Gasteiger partial charge < -0.3 is 44.2 Å². The molecular formula is C53H64N8O10S. The minimum atomic E-state index is -4.63. The number of pyridine rings is 1. The number of ether oxygens (including phenoxy) is 4. The lowest BCUT2D eigenvalue weighted by atomic mass is 9.59. The van der Waals surface area contributed by atoms with Gasteiger partial charge in [0.05, 0.1) is 71.3 Å². The highest BCUT2D eigenvalue weighted by molar-refractivity contribution is 7.90. The van der Waals surface area contributed by atoms with Gasteiger partial charge in [-0.1, -0.05) is 18.2 Å². The van der Waals surface area contributed by atoms with Gasteiger partial charge in [0.1, 0.15) is 28.9 Å². The first-order chi connectivity index (χ1) is 34.6. The van der Waals surface area contributed by atoms with Crippen LogP contribution < -0.4 is 29.3 Å². The van der Waals surface area contributed by atoms with E-state index in [1.165, 1.54) is 17.7 Å². The fourth-order valence-electron chi connectivity index (χ4n) is 12.1. The fourth-order valence-corrected chi connectivity index (χ4v) is 13.0. The lowest BCUT2D eigenvalue weighted by molar-refractivity contribution is -0.384. The molecule has 0 bridgehead atoms. The quantitative estimate of drug-likeness (QED) is 0.0653. The third-order valence-corrected chi connectivity index (χ3v) is 17.4. The lowest BCUT2D eigenvalue weighted by Gasteiger charge is -2.57. The van der Waals surface area contributed by atoms with Crippen molar-refractivity contribution >= 4 is 55.4 Å². The number of rotatable bonds is 13. The largest absolute Gasteiger partial charge is 0.491 e. The first-order valence-corrected chi connectivity index (χ1v) is 26.9. The number of aromatic amines is 1. The molecular weight excluding hydrogens is 941 g/mol. The van der Waals surface area contributed by atoms with Crippen LogP contribution in [-0.4, -0.2) is 122 Å². The van der Waals surface area contributed by atoms with Crippen molar-refractivity contribution in [1.29, 1.82) is 0 Å². The molecule has 5 fully saturated rings. The number of fused-ring (bicyclic) bond motifs is 3. The van der Waals surface area contributed by atoms with Gasteiger partial charge in [0.2, 0.25) is 5.88 Å². The Labute approximate surface area is 419 Å². The van der Waals surface area contributed by atoms with E-state index < -0.39 is 43.1 Å². The number of para-hydroxylation sites is 1. The number of piperidine rings is 1. The summed E-state index contributed by atoms with van der Waals surface area (Å²) in [6.45, 7) is 10.8. The lowest BCUT2D eigenvalue weighted by Crippen LogP contribution is -2.57. The van der Waals surface area contributed by atoms with Crippen molar-refractivity contribution in [3.63, 3.8) is 0 Å². The van der Waals surface area contributed by atoms with Crippen LogP contribution in [0, 0.1) is 21.4 Å². The van der Waals surface area contributed by atoms with Crippen molar-refractivity contribution in [3.05, 3.63) is 100 Å². The zero-order valence-corrected chi connectivity index (χ0v) is 41.9. The topological polar surface area (TPSA) is 214 Å². The van der Waals surface area contributed by atoms with Crippen LogP contribution in [0.2, 0.25) is 0 Å². The molecule has 2 aromatic heterocycles. The summed E-state index contributed by atoms with van der Waals surface area (Å²) in [5, 5.41) is 26.7. The van der Waals surface area contributed by atoms with Crippen LogP contribution in [0.25, 0.3) is 11.0 Å². The molecule has 4 aliphatic heterocycles. The molecule has 19 heteroatoms. The Morgan fingerprint density at radius 3 is 2.54 bits per heavy atom. The highest BCUT2D eigenvalue weighted by atomic mass is 32.2. The minimum absolute atomic E-state index is 0.0662. The second-order valence-electron chi connectivity index (χ2n) is 21.3. The molecule has 72 heavy (non-hydrogen) atoms. The number of carbonyl (C=O) groups is 1. The number of amides is 1. The van der Waals surface area contributed by atoms with Crippen molar-refractivity contribution in [2.24, 2.45) is 11.3 Å². The first kappa shape index (κ1) is 48.3. The summed E-state index contributed by atoms with van der Waals surface area (Å²) in [5.41, 5.74) is 3.09. The molecule has 5 aromatic rings. The minimum Gasteiger partial charge on any atom is -0.491 e. The summed E-state index contributed by atoms with van der Waals surface area (Å²) in [5.74, 6) is 0.568. The van der Waals surface area contributed by atoms with Gasteiger partial charge in [0.15, 0.2) is 0 Å². The first-order valence-electron chi connectivity index (χ1n) is 25.4.